The third-order valence-corrected chi connectivity index (χ3v) is 2.71. The van der Waals surface area contributed by atoms with Crippen LogP contribution in [-0.2, 0) is 6.98 Å². The van der Waals surface area contributed by atoms with Gasteiger partial charge in [-0.2, -0.15) is 0 Å². The highest BCUT2D eigenvalue weighted by molar-refractivity contribution is 5.81. The summed E-state index contributed by atoms with van der Waals surface area (Å²) in [5.41, 5.74) is 1.51. The molecule has 0 amide bonds. The van der Waals surface area contributed by atoms with Crippen molar-refractivity contribution in [2.45, 2.75) is 0 Å². The maximum absolute atomic E-state index is 9.94. The number of phenolic OH excluding ortho intramolecular Hbond substituents is 1. The smallest absolute Gasteiger partial charge is 0.144 e. The van der Waals surface area contributed by atoms with Crippen molar-refractivity contribution in [3.63, 3.8) is 0 Å². The molecule has 3 rings (SSSR count). The SMILES string of the molecule is [2H]C([2H])([2H])n1c(-c2ccccc2O)nc2ccccc21. The van der Waals surface area contributed by atoms with Crippen LogP contribution in [0, 0.1) is 0 Å². The number of nitrogens with zero attached hydrogens (tertiary/aromatic N) is 2. The summed E-state index contributed by atoms with van der Waals surface area (Å²) in [6.45, 7) is -2.37. The van der Waals surface area contributed by atoms with Crippen LogP contribution in [0.25, 0.3) is 22.4 Å². The Morgan fingerprint density at radius 1 is 1.12 bits per heavy atom. The fraction of sp³-hybridized carbons (Fsp3) is 0.0714. The molecule has 3 heteroatoms. The number of rotatable bonds is 1. The van der Waals surface area contributed by atoms with Crippen LogP contribution in [0.5, 0.6) is 5.75 Å². The van der Waals surface area contributed by atoms with Crippen molar-refractivity contribution in [2.75, 3.05) is 0 Å². The highest BCUT2D eigenvalue weighted by Crippen LogP contribution is 2.29. The van der Waals surface area contributed by atoms with E-state index in [4.69, 9.17) is 4.11 Å². The molecule has 0 saturated carbocycles. The quantitative estimate of drug-likeness (QED) is 0.694. The summed E-state index contributed by atoms with van der Waals surface area (Å²) < 4.78 is 24.3. The second-order valence-corrected chi connectivity index (χ2v) is 3.78. The standard InChI is InChI=1S/C14H12N2O/c1-16-12-8-4-3-7-11(12)15-14(16)10-6-2-5-9-13(10)17/h2-9,17H,1H3/i1D3. The highest BCUT2D eigenvalue weighted by Gasteiger charge is 2.11. The second-order valence-electron chi connectivity index (χ2n) is 3.78. The zero-order valence-electron chi connectivity index (χ0n) is 12.0. The van der Waals surface area contributed by atoms with Gasteiger partial charge in [-0.15, -0.1) is 0 Å². The van der Waals surface area contributed by atoms with Crippen LogP contribution in [0.1, 0.15) is 4.11 Å². The molecule has 0 fully saturated rings. The Morgan fingerprint density at radius 2 is 1.88 bits per heavy atom. The monoisotopic (exact) mass is 227 g/mol. The number of aromatic nitrogens is 2. The van der Waals surface area contributed by atoms with Crippen molar-refractivity contribution >= 4 is 11.0 Å². The van der Waals surface area contributed by atoms with Crippen molar-refractivity contribution in [2.24, 2.45) is 6.98 Å². The number of imidazole rings is 1. The largest absolute Gasteiger partial charge is 0.507 e. The minimum atomic E-state index is -2.37. The van der Waals surface area contributed by atoms with Gasteiger partial charge in [-0.3, -0.25) is 0 Å². The predicted molar refractivity (Wildman–Crippen MR) is 67.8 cm³/mol. The van der Waals surface area contributed by atoms with E-state index in [1.165, 1.54) is 10.6 Å². The average Bonchev–Trinajstić information content (AvgIpc) is 2.78. The maximum Gasteiger partial charge on any atom is 0.144 e. The van der Waals surface area contributed by atoms with Gasteiger partial charge in [0, 0.05) is 11.1 Å². The summed E-state index contributed by atoms with van der Waals surface area (Å²) in [5, 5.41) is 9.94. The fourth-order valence-corrected chi connectivity index (χ4v) is 1.87. The molecule has 0 aliphatic heterocycles. The first-order chi connectivity index (χ1) is 9.48. The van der Waals surface area contributed by atoms with Gasteiger partial charge in [-0.25, -0.2) is 4.98 Å². The van der Waals surface area contributed by atoms with Gasteiger partial charge in [0.15, 0.2) is 0 Å². The molecule has 1 heterocycles. The minimum Gasteiger partial charge on any atom is -0.507 e. The highest BCUT2D eigenvalue weighted by atomic mass is 16.3. The summed E-state index contributed by atoms with van der Waals surface area (Å²) in [6, 6.07) is 13.6. The lowest BCUT2D eigenvalue weighted by Gasteiger charge is -2.04. The van der Waals surface area contributed by atoms with E-state index in [0.717, 1.165) is 0 Å². The normalized spacial score (nSPS) is 14.2. The number of phenols is 1. The van der Waals surface area contributed by atoms with Gasteiger partial charge in [0.25, 0.3) is 0 Å². The van der Waals surface area contributed by atoms with E-state index in [1.807, 2.05) is 0 Å². The van der Waals surface area contributed by atoms with E-state index < -0.39 is 6.98 Å². The number of aryl methyl sites for hydroxylation is 1. The summed E-state index contributed by atoms with van der Waals surface area (Å²) in [5.74, 6) is 0.248. The van der Waals surface area contributed by atoms with Crippen LogP contribution in [0.15, 0.2) is 48.5 Å². The molecule has 1 aromatic heterocycles. The molecule has 3 aromatic rings. The van der Waals surface area contributed by atoms with Crippen LogP contribution < -0.4 is 0 Å². The average molecular weight is 227 g/mol. The molecule has 0 atom stereocenters. The molecule has 0 aliphatic rings. The number of benzene rings is 2. The Kier molecular flexibility index (Phi) is 1.52. The molecule has 17 heavy (non-hydrogen) atoms. The van der Waals surface area contributed by atoms with Gasteiger partial charge >= 0.3 is 0 Å². The Balaban J connectivity index is 2.39. The molecule has 0 spiro atoms. The van der Waals surface area contributed by atoms with E-state index in [9.17, 15) is 5.11 Å². The van der Waals surface area contributed by atoms with Crippen molar-refractivity contribution < 1.29 is 9.22 Å². The summed E-state index contributed by atoms with van der Waals surface area (Å²) >= 11 is 0. The summed E-state index contributed by atoms with van der Waals surface area (Å²) in [4.78, 5) is 4.35. The molecule has 1 N–H and O–H groups in total. The van der Waals surface area contributed by atoms with Crippen molar-refractivity contribution in [3.8, 4) is 17.1 Å². The predicted octanol–water partition coefficient (Wildman–Crippen LogP) is 2.95. The minimum absolute atomic E-state index is 0.00769. The second kappa shape index (κ2) is 3.63. The summed E-state index contributed by atoms with van der Waals surface area (Å²) in [7, 11) is 0. The van der Waals surface area contributed by atoms with Crippen LogP contribution in [-0.4, -0.2) is 14.7 Å². The topological polar surface area (TPSA) is 38.0 Å². The lowest BCUT2D eigenvalue weighted by molar-refractivity contribution is 0.476. The molecule has 3 nitrogen and oxygen atoms in total. The van der Waals surface area contributed by atoms with Crippen LogP contribution in [0.4, 0.5) is 0 Å². The molecule has 0 bridgehead atoms. The number of fused-ring (bicyclic) bond motifs is 1. The van der Waals surface area contributed by atoms with Gasteiger partial charge in [0.1, 0.15) is 11.6 Å². The van der Waals surface area contributed by atoms with Gasteiger partial charge in [0.2, 0.25) is 0 Å². The Labute approximate surface area is 103 Å². The maximum atomic E-state index is 9.94. The molecular formula is C14H12N2O. The van der Waals surface area contributed by atoms with E-state index in [0.29, 0.717) is 16.6 Å². The third-order valence-electron chi connectivity index (χ3n) is 2.71. The lowest BCUT2D eigenvalue weighted by Crippen LogP contribution is -1.92. The Hall–Kier alpha value is -2.29. The van der Waals surface area contributed by atoms with Crippen LogP contribution in [0.2, 0.25) is 0 Å². The number of hydrogen-bond acceptors (Lipinski definition) is 2. The van der Waals surface area contributed by atoms with Crippen molar-refractivity contribution in [1.82, 2.24) is 9.55 Å². The first kappa shape index (κ1) is 7.12. The van der Waals surface area contributed by atoms with Crippen molar-refractivity contribution in [1.29, 1.82) is 0 Å². The molecule has 0 aliphatic carbocycles. The van der Waals surface area contributed by atoms with Crippen LogP contribution in [0.3, 0.4) is 0 Å². The first-order valence-electron chi connectivity index (χ1n) is 6.75. The van der Waals surface area contributed by atoms with Crippen molar-refractivity contribution in [3.05, 3.63) is 48.5 Å². The number of aromatic hydroxyl groups is 1. The van der Waals surface area contributed by atoms with E-state index in [1.54, 1.807) is 42.5 Å². The molecule has 0 saturated heterocycles. The van der Waals surface area contributed by atoms with Gasteiger partial charge in [-0.1, -0.05) is 24.3 Å². The van der Waals surface area contributed by atoms with E-state index >= 15 is 0 Å². The molecular weight excluding hydrogens is 212 g/mol. The number of hydrogen-bond donors (Lipinski definition) is 1. The first-order valence-corrected chi connectivity index (χ1v) is 5.25. The Bertz CT molecular complexity index is 777. The van der Waals surface area contributed by atoms with Gasteiger partial charge in [0.05, 0.1) is 16.6 Å². The van der Waals surface area contributed by atoms with E-state index in [-0.39, 0.29) is 11.6 Å². The van der Waals surface area contributed by atoms with Gasteiger partial charge < -0.3 is 9.67 Å². The number of para-hydroxylation sites is 3. The zero-order valence-corrected chi connectivity index (χ0v) is 8.96. The summed E-state index contributed by atoms with van der Waals surface area (Å²) in [6.07, 6.45) is 0. The fourth-order valence-electron chi connectivity index (χ4n) is 1.87. The van der Waals surface area contributed by atoms with E-state index in [2.05, 4.69) is 4.98 Å². The molecule has 0 radical (unpaired) electrons. The zero-order chi connectivity index (χ0) is 14.3. The van der Waals surface area contributed by atoms with Gasteiger partial charge in [-0.05, 0) is 24.3 Å². The molecule has 2 aromatic carbocycles. The Morgan fingerprint density at radius 3 is 2.71 bits per heavy atom. The molecule has 84 valence electrons. The lowest BCUT2D eigenvalue weighted by atomic mass is 10.2. The van der Waals surface area contributed by atoms with Crippen LogP contribution >= 0.6 is 0 Å². The third kappa shape index (κ3) is 1.47. The molecule has 0 unspecified atom stereocenters.